The predicted octanol–water partition coefficient (Wildman–Crippen LogP) is 3.83. The lowest BCUT2D eigenvalue weighted by atomic mass is 9.72. The van der Waals surface area contributed by atoms with Crippen molar-refractivity contribution in [1.29, 1.82) is 0 Å². The van der Waals surface area contributed by atoms with Crippen molar-refractivity contribution in [1.82, 2.24) is 0 Å². The zero-order chi connectivity index (χ0) is 19.8. The molecule has 0 saturated carbocycles. The fraction of sp³-hybridized carbons (Fsp3) is 1.00. The third kappa shape index (κ3) is 5.12. The second-order valence-electron chi connectivity index (χ2n) is 7.86. The summed E-state index contributed by atoms with van der Waals surface area (Å²) in [7, 11) is 0. The third-order valence-electron chi connectivity index (χ3n) is 5.74. The van der Waals surface area contributed by atoms with Gasteiger partial charge in [-0.3, -0.25) is 0 Å². The summed E-state index contributed by atoms with van der Waals surface area (Å²) < 4.78 is 5.50. The van der Waals surface area contributed by atoms with E-state index in [2.05, 4.69) is 13.8 Å². The lowest BCUT2D eigenvalue weighted by Crippen LogP contribution is -2.63. The van der Waals surface area contributed by atoms with Gasteiger partial charge in [0, 0.05) is 0 Å². The van der Waals surface area contributed by atoms with Gasteiger partial charge in [0.1, 0.15) is 11.7 Å². The summed E-state index contributed by atoms with van der Waals surface area (Å²) in [6.45, 7) is 6.16. The fourth-order valence-electron chi connectivity index (χ4n) is 4.01. The molecule has 0 aromatic heterocycles. The number of rotatable bonds is 13. The lowest BCUT2D eigenvalue weighted by Gasteiger charge is -2.42. The summed E-state index contributed by atoms with van der Waals surface area (Å²) in [6, 6.07) is 0. The highest BCUT2D eigenvalue weighted by molar-refractivity contribution is 6.22. The van der Waals surface area contributed by atoms with Crippen LogP contribution in [0.25, 0.3) is 0 Å². The third-order valence-corrected chi connectivity index (χ3v) is 6.14. The maximum Gasteiger partial charge on any atom is 0.279 e. The predicted molar refractivity (Wildman–Crippen MR) is 104 cm³/mol. The molecule has 0 spiro atoms. The Morgan fingerprint density at radius 3 is 1.88 bits per heavy atom. The quantitative estimate of drug-likeness (QED) is 0.281. The number of aliphatic hydroxyl groups excluding tert-OH is 1. The van der Waals surface area contributed by atoms with Crippen molar-refractivity contribution in [2.24, 2.45) is 0 Å². The lowest BCUT2D eigenvalue weighted by molar-refractivity contribution is -0.227. The van der Waals surface area contributed by atoms with Gasteiger partial charge in [0.15, 0.2) is 5.60 Å². The van der Waals surface area contributed by atoms with Crippen molar-refractivity contribution in [3.63, 3.8) is 0 Å². The van der Waals surface area contributed by atoms with E-state index in [9.17, 15) is 20.4 Å². The van der Waals surface area contributed by atoms with E-state index in [1.54, 1.807) is 0 Å². The van der Waals surface area contributed by atoms with Crippen LogP contribution in [0.15, 0.2) is 0 Å². The van der Waals surface area contributed by atoms with E-state index in [0.29, 0.717) is 19.3 Å². The van der Waals surface area contributed by atoms with Crippen LogP contribution in [0.5, 0.6) is 0 Å². The molecule has 0 radical (unpaired) electrons. The van der Waals surface area contributed by atoms with E-state index < -0.39 is 28.7 Å². The molecular weight excluding hydrogens is 356 g/mol. The Hall–Kier alpha value is 0.0900. The van der Waals surface area contributed by atoms with Gasteiger partial charge in [0.25, 0.3) is 5.25 Å². The molecule has 1 aliphatic heterocycles. The Morgan fingerprint density at radius 2 is 1.35 bits per heavy atom. The molecule has 1 rings (SSSR count). The van der Waals surface area contributed by atoms with Crippen molar-refractivity contribution in [2.45, 2.75) is 126 Å². The zero-order valence-corrected chi connectivity index (χ0v) is 17.5. The summed E-state index contributed by atoms with van der Waals surface area (Å²) in [5, 5.41) is 41.6. The van der Waals surface area contributed by atoms with Gasteiger partial charge in [-0.2, -0.15) is 0 Å². The van der Waals surface area contributed by atoms with Crippen LogP contribution in [0.1, 0.15) is 97.8 Å². The summed E-state index contributed by atoms with van der Waals surface area (Å²) in [5.74, 6) is 0. The van der Waals surface area contributed by atoms with Crippen LogP contribution >= 0.6 is 11.6 Å². The molecule has 1 aliphatic rings. The molecule has 0 bridgehead atoms. The van der Waals surface area contributed by atoms with Crippen molar-refractivity contribution in [3.8, 4) is 0 Å². The molecule has 0 aromatic carbocycles. The summed E-state index contributed by atoms with van der Waals surface area (Å²) >= 11 is 6.16. The van der Waals surface area contributed by atoms with E-state index in [1.807, 2.05) is 6.92 Å². The minimum absolute atomic E-state index is 0.127. The number of unbranched alkanes of at least 4 members (excludes halogenated alkanes) is 6. The Kier molecular flexibility index (Phi) is 9.82. The van der Waals surface area contributed by atoms with Crippen LogP contribution in [-0.4, -0.2) is 49.1 Å². The Balaban J connectivity index is 3.07. The van der Waals surface area contributed by atoms with E-state index in [4.69, 9.17) is 16.3 Å². The van der Waals surface area contributed by atoms with Crippen LogP contribution < -0.4 is 0 Å². The number of hydrogen-bond acceptors (Lipinski definition) is 5. The van der Waals surface area contributed by atoms with Crippen molar-refractivity contribution in [3.05, 3.63) is 0 Å². The first-order chi connectivity index (χ1) is 12.2. The summed E-state index contributed by atoms with van der Waals surface area (Å²) in [4.78, 5) is 0. The SMILES string of the molecule is CCCCCC(O)[C@H]1O[C@](O)(Cl)[C@@](O)(CCCCC)[C@@]1(O)CCCCC. The van der Waals surface area contributed by atoms with Gasteiger partial charge in [-0.15, -0.1) is 0 Å². The number of halogens is 1. The van der Waals surface area contributed by atoms with E-state index in [0.717, 1.165) is 44.9 Å². The van der Waals surface area contributed by atoms with Gasteiger partial charge in [-0.25, -0.2) is 0 Å². The molecule has 5 nitrogen and oxygen atoms in total. The summed E-state index contributed by atoms with van der Waals surface area (Å²) in [5.41, 5.74) is -3.79. The van der Waals surface area contributed by atoms with Crippen LogP contribution in [0, 0.1) is 0 Å². The van der Waals surface area contributed by atoms with Gasteiger partial charge in [0.2, 0.25) is 0 Å². The second-order valence-corrected chi connectivity index (χ2v) is 8.37. The molecule has 156 valence electrons. The van der Waals surface area contributed by atoms with E-state index >= 15 is 0 Å². The normalized spacial score (nSPS) is 35.8. The zero-order valence-electron chi connectivity index (χ0n) is 16.7. The molecule has 0 aromatic rings. The first-order valence-electron chi connectivity index (χ1n) is 10.4. The average Bonchev–Trinajstić information content (AvgIpc) is 2.74. The maximum atomic E-state index is 11.5. The Bertz CT molecular complexity index is 406. The van der Waals surface area contributed by atoms with E-state index in [-0.39, 0.29) is 12.8 Å². The van der Waals surface area contributed by atoms with Gasteiger partial charge in [-0.1, -0.05) is 90.2 Å². The van der Waals surface area contributed by atoms with Crippen LogP contribution in [0.2, 0.25) is 0 Å². The van der Waals surface area contributed by atoms with E-state index in [1.165, 1.54) is 0 Å². The van der Waals surface area contributed by atoms with Crippen LogP contribution in [0.4, 0.5) is 0 Å². The first-order valence-corrected chi connectivity index (χ1v) is 10.8. The number of hydrogen-bond donors (Lipinski definition) is 4. The number of alkyl halides is 1. The molecule has 4 N–H and O–H groups in total. The largest absolute Gasteiger partial charge is 0.390 e. The average molecular weight is 395 g/mol. The molecule has 1 saturated heterocycles. The molecule has 6 heteroatoms. The Morgan fingerprint density at radius 1 is 0.846 bits per heavy atom. The van der Waals surface area contributed by atoms with Gasteiger partial charge >= 0.3 is 0 Å². The molecule has 1 unspecified atom stereocenters. The fourth-order valence-corrected chi connectivity index (χ4v) is 4.37. The first kappa shape index (κ1) is 24.1. The topological polar surface area (TPSA) is 90.2 Å². The molecule has 0 amide bonds. The highest BCUT2D eigenvalue weighted by Gasteiger charge is 2.72. The van der Waals surface area contributed by atoms with Crippen molar-refractivity contribution < 1.29 is 25.2 Å². The van der Waals surface area contributed by atoms with Gasteiger partial charge < -0.3 is 25.2 Å². The van der Waals surface area contributed by atoms with Gasteiger partial charge in [-0.05, 0) is 19.3 Å². The van der Waals surface area contributed by atoms with Crippen molar-refractivity contribution >= 4 is 11.6 Å². The number of ether oxygens (including phenoxy) is 1. The number of aliphatic hydroxyl groups is 4. The molecule has 1 heterocycles. The summed E-state index contributed by atoms with van der Waals surface area (Å²) in [6.07, 6.45) is 6.37. The smallest absolute Gasteiger partial charge is 0.279 e. The maximum absolute atomic E-state index is 11.5. The second kappa shape index (κ2) is 10.6. The monoisotopic (exact) mass is 394 g/mol. The Labute approximate surface area is 163 Å². The van der Waals surface area contributed by atoms with Crippen molar-refractivity contribution in [2.75, 3.05) is 0 Å². The van der Waals surface area contributed by atoms with Crippen LogP contribution in [0.3, 0.4) is 0 Å². The minimum atomic E-state index is -2.40. The molecular formula is C20H39ClO5. The molecule has 5 atom stereocenters. The molecule has 1 fully saturated rings. The molecule has 26 heavy (non-hydrogen) atoms. The molecule has 0 aliphatic carbocycles. The highest BCUT2D eigenvalue weighted by Crippen LogP contribution is 2.53. The minimum Gasteiger partial charge on any atom is -0.390 e. The van der Waals surface area contributed by atoms with Gasteiger partial charge in [0.05, 0.1) is 6.10 Å². The highest BCUT2D eigenvalue weighted by atomic mass is 35.5. The standard InChI is InChI=1S/C20H39ClO5/c1-4-7-10-13-16(22)17-18(23,14-11-8-5-2)19(24,15-12-9-6-3)20(21,25)26-17/h16-17,22-25H,4-15H2,1-3H3/t16?,17-,18-,19-,20+/m1/s1. The van der Waals surface area contributed by atoms with Crippen LogP contribution in [-0.2, 0) is 4.74 Å².